The topological polar surface area (TPSA) is 74.8 Å². The Bertz CT molecular complexity index is 1190. The number of nitrogens with one attached hydrogen (secondary N) is 1. The van der Waals surface area contributed by atoms with Crippen molar-refractivity contribution in [2.45, 2.75) is 19.9 Å². The van der Waals surface area contributed by atoms with Gasteiger partial charge in [-0.25, -0.2) is 9.78 Å². The normalized spacial score (nSPS) is 13.9. The predicted octanol–water partition coefficient (Wildman–Crippen LogP) is 4.58. The molecule has 7 nitrogen and oxygen atoms in total. The van der Waals surface area contributed by atoms with Crippen LogP contribution < -0.4 is 5.32 Å². The third-order valence-electron chi connectivity index (χ3n) is 5.86. The first-order chi connectivity index (χ1) is 16.5. The highest BCUT2D eigenvalue weighted by Crippen LogP contribution is 2.29. The number of hydrogen-bond acceptors (Lipinski definition) is 5. The van der Waals surface area contributed by atoms with E-state index in [0.717, 1.165) is 35.2 Å². The minimum Gasteiger partial charge on any atom is -0.449 e. The molecule has 0 bridgehead atoms. The second kappa shape index (κ2) is 10.8. The summed E-state index contributed by atoms with van der Waals surface area (Å²) in [6.07, 6.45) is 0.470. The van der Waals surface area contributed by atoms with E-state index < -0.39 is 0 Å². The zero-order valence-electron chi connectivity index (χ0n) is 19.5. The lowest BCUT2D eigenvalue weighted by molar-refractivity contribution is 0.0560. The van der Waals surface area contributed by atoms with Gasteiger partial charge in [0.25, 0.3) is 5.91 Å². The first kappa shape index (κ1) is 24.0. The smallest absolute Gasteiger partial charge is 0.409 e. The highest BCUT2D eigenvalue weighted by Gasteiger charge is 2.26. The molecule has 2 heterocycles. The van der Waals surface area contributed by atoms with Crippen molar-refractivity contribution in [1.82, 2.24) is 20.1 Å². The Morgan fingerprint density at radius 2 is 1.82 bits per heavy atom. The molecule has 1 aromatic heterocycles. The molecule has 1 fully saturated rings. The van der Waals surface area contributed by atoms with Crippen LogP contribution in [0.3, 0.4) is 0 Å². The zero-order chi connectivity index (χ0) is 24.1. The molecular formula is C26H29ClN4O3. The highest BCUT2D eigenvalue weighted by atomic mass is 35.5. The number of carbonyl (C=O) groups excluding carboxylic acids is 2. The number of piperazine rings is 1. The molecule has 178 valence electrons. The molecule has 2 aromatic carbocycles. The van der Waals surface area contributed by atoms with E-state index in [0.29, 0.717) is 48.9 Å². The summed E-state index contributed by atoms with van der Waals surface area (Å²) in [4.78, 5) is 33.5. The van der Waals surface area contributed by atoms with Gasteiger partial charge in [-0.05, 0) is 43.3 Å². The molecule has 1 aliphatic rings. The summed E-state index contributed by atoms with van der Waals surface area (Å²) in [6.45, 7) is 4.97. The lowest BCUT2D eigenvalue weighted by Gasteiger charge is -2.34. The number of halogens is 1. The monoisotopic (exact) mass is 480 g/mol. The van der Waals surface area contributed by atoms with Gasteiger partial charge >= 0.3 is 6.09 Å². The third-order valence-corrected chi connectivity index (χ3v) is 6.18. The van der Waals surface area contributed by atoms with Crippen molar-refractivity contribution in [3.63, 3.8) is 0 Å². The fourth-order valence-electron chi connectivity index (χ4n) is 4.07. The Balaban J connectivity index is 1.53. The van der Waals surface area contributed by atoms with Crippen molar-refractivity contribution < 1.29 is 14.3 Å². The molecule has 0 spiro atoms. The summed E-state index contributed by atoms with van der Waals surface area (Å²) < 4.78 is 5.20. The van der Waals surface area contributed by atoms with Gasteiger partial charge in [0, 0.05) is 49.2 Å². The summed E-state index contributed by atoms with van der Waals surface area (Å²) >= 11 is 6.58. The molecule has 4 rings (SSSR count). The zero-order valence-corrected chi connectivity index (χ0v) is 20.3. The molecule has 0 unspecified atom stereocenters. The van der Waals surface area contributed by atoms with Crippen molar-refractivity contribution in [2.75, 3.05) is 39.8 Å². The van der Waals surface area contributed by atoms with Gasteiger partial charge in [0.05, 0.1) is 22.8 Å². The van der Waals surface area contributed by atoms with E-state index in [4.69, 9.17) is 21.3 Å². The summed E-state index contributed by atoms with van der Waals surface area (Å²) in [5.41, 5.74) is 4.12. The van der Waals surface area contributed by atoms with Crippen molar-refractivity contribution >= 4 is 34.5 Å². The van der Waals surface area contributed by atoms with Crippen molar-refractivity contribution in [3.8, 4) is 11.3 Å². The van der Waals surface area contributed by atoms with E-state index in [-0.39, 0.29) is 12.0 Å². The minimum absolute atomic E-state index is 0.0807. The lowest BCUT2D eigenvalue weighted by atomic mass is 10.0. The Hall–Kier alpha value is -3.16. The van der Waals surface area contributed by atoms with Crippen molar-refractivity contribution in [3.05, 3.63) is 64.7 Å². The number of carbonyl (C=O) groups is 2. The van der Waals surface area contributed by atoms with Crippen LogP contribution in [0.15, 0.2) is 48.5 Å². The Kier molecular flexibility index (Phi) is 7.65. The molecule has 1 N–H and O–H groups in total. The average Bonchev–Trinajstić information content (AvgIpc) is 2.87. The van der Waals surface area contributed by atoms with Crippen molar-refractivity contribution in [1.29, 1.82) is 0 Å². The number of benzene rings is 2. The van der Waals surface area contributed by atoms with E-state index in [1.807, 2.05) is 38.2 Å². The van der Waals surface area contributed by atoms with E-state index in [9.17, 15) is 9.59 Å². The Labute approximate surface area is 204 Å². The first-order valence-corrected chi connectivity index (χ1v) is 11.9. The van der Waals surface area contributed by atoms with E-state index in [1.165, 1.54) is 0 Å². The second-order valence-corrected chi connectivity index (χ2v) is 8.75. The summed E-state index contributed by atoms with van der Waals surface area (Å²) in [5, 5.41) is 4.55. The maximum atomic E-state index is 13.2. The Morgan fingerprint density at radius 3 is 2.56 bits per heavy atom. The fraction of sp³-hybridized carbons (Fsp3) is 0.346. The van der Waals surface area contributed by atoms with E-state index >= 15 is 0 Å². The third kappa shape index (κ3) is 5.32. The summed E-state index contributed by atoms with van der Waals surface area (Å²) in [5.74, 6) is -0.0807. The second-order valence-electron chi connectivity index (χ2n) is 8.35. The SMILES string of the molecule is CCCOC(=O)N1CCN(C(=O)c2ccc3c(Cl)cc(-c4cccc(CNC)c4)nc3c2)CC1. The molecule has 0 saturated carbocycles. The van der Waals surface area contributed by atoms with Crippen LogP contribution in [0.1, 0.15) is 29.3 Å². The maximum Gasteiger partial charge on any atom is 0.409 e. The molecule has 0 atom stereocenters. The molecule has 1 aliphatic heterocycles. The molecule has 1 saturated heterocycles. The van der Waals surface area contributed by atoms with Gasteiger partial charge in [-0.1, -0.05) is 42.8 Å². The van der Waals surface area contributed by atoms with Gasteiger partial charge in [0.15, 0.2) is 0 Å². The number of fused-ring (bicyclic) bond motifs is 1. The Morgan fingerprint density at radius 1 is 1.06 bits per heavy atom. The largest absolute Gasteiger partial charge is 0.449 e. The van der Waals surface area contributed by atoms with Crippen LogP contribution in [0.25, 0.3) is 22.2 Å². The minimum atomic E-state index is -0.315. The van der Waals surface area contributed by atoms with Gasteiger partial charge in [0.2, 0.25) is 0 Å². The quantitative estimate of drug-likeness (QED) is 0.559. The van der Waals surface area contributed by atoms with Gasteiger partial charge in [-0.2, -0.15) is 0 Å². The van der Waals surface area contributed by atoms with Gasteiger partial charge < -0.3 is 19.9 Å². The molecule has 34 heavy (non-hydrogen) atoms. The van der Waals surface area contributed by atoms with Gasteiger partial charge in [0.1, 0.15) is 0 Å². The maximum absolute atomic E-state index is 13.2. The number of rotatable bonds is 6. The number of nitrogens with zero attached hydrogens (tertiary/aromatic N) is 3. The van der Waals surface area contributed by atoms with Crippen LogP contribution in [-0.2, 0) is 11.3 Å². The number of aromatic nitrogens is 1. The van der Waals surface area contributed by atoms with Crippen LogP contribution in [-0.4, -0.2) is 66.6 Å². The highest BCUT2D eigenvalue weighted by molar-refractivity contribution is 6.35. The number of hydrogen-bond donors (Lipinski definition) is 1. The number of pyridine rings is 1. The summed E-state index contributed by atoms with van der Waals surface area (Å²) in [7, 11) is 1.91. The summed E-state index contributed by atoms with van der Waals surface area (Å²) in [6, 6.07) is 15.4. The van der Waals surface area contributed by atoms with Crippen molar-refractivity contribution in [2.24, 2.45) is 0 Å². The van der Waals surface area contributed by atoms with Crippen LogP contribution in [0.4, 0.5) is 4.79 Å². The molecule has 8 heteroatoms. The standard InChI is InChI=1S/C26H29ClN4O3/c1-3-13-34-26(33)31-11-9-30(10-12-31)25(32)20-7-8-21-22(27)16-23(29-24(21)15-20)19-6-4-5-18(14-19)17-28-2/h4-8,14-16,28H,3,9-13,17H2,1-2H3. The van der Waals surface area contributed by atoms with E-state index in [2.05, 4.69) is 17.4 Å². The number of ether oxygens (including phenoxy) is 1. The molecule has 0 aliphatic carbocycles. The average molecular weight is 481 g/mol. The van der Waals surface area contributed by atoms with Crippen LogP contribution >= 0.6 is 11.6 Å². The fourth-order valence-corrected chi connectivity index (χ4v) is 4.33. The first-order valence-electron chi connectivity index (χ1n) is 11.6. The molecular weight excluding hydrogens is 452 g/mol. The number of amides is 2. The van der Waals surface area contributed by atoms with Crippen LogP contribution in [0.5, 0.6) is 0 Å². The van der Waals surface area contributed by atoms with Gasteiger partial charge in [-0.15, -0.1) is 0 Å². The lowest BCUT2D eigenvalue weighted by Crippen LogP contribution is -2.50. The molecule has 3 aromatic rings. The van der Waals surface area contributed by atoms with Crippen LogP contribution in [0.2, 0.25) is 5.02 Å². The predicted molar refractivity (Wildman–Crippen MR) is 134 cm³/mol. The molecule has 2 amide bonds. The molecule has 0 radical (unpaired) electrons. The van der Waals surface area contributed by atoms with Crippen LogP contribution in [0, 0.1) is 0 Å². The van der Waals surface area contributed by atoms with Gasteiger partial charge in [-0.3, -0.25) is 4.79 Å². The van der Waals surface area contributed by atoms with E-state index in [1.54, 1.807) is 21.9 Å².